The molecule has 0 fully saturated rings. The molecule has 0 atom stereocenters. The number of hydrogen-bond acceptors (Lipinski definition) is 5. The lowest BCUT2D eigenvalue weighted by Crippen LogP contribution is -2.15. The predicted octanol–water partition coefficient (Wildman–Crippen LogP) is 3.58. The summed E-state index contributed by atoms with van der Waals surface area (Å²) in [6.45, 7) is 1.69. The van der Waals surface area contributed by atoms with Crippen molar-refractivity contribution in [2.75, 3.05) is 11.6 Å². The molecule has 6 nitrogen and oxygen atoms in total. The lowest BCUT2D eigenvalue weighted by molar-refractivity contribution is 0.100. The molecule has 3 aromatic rings. The molecule has 0 bridgehead atoms. The first-order chi connectivity index (χ1) is 12.6. The number of pyridine rings is 1. The van der Waals surface area contributed by atoms with Crippen LogP contribution in [0.15, 0.2) is 41.4 Å². The quantitative estimate of drug-likeness (QED) is 0.688. The fourth-order valence-electron chi connectivity index (χ4n) is 2.72. The number of hydrogen-bond donors (Lipinski definition) is 2. The Morgan fingerprint density at radius 2 is 2.00 bits per heavy atom. The maximum atomic E-state index is 14.3. The first kappa shape index (κ1) is 19.1. The lowest BCUT2D eigenvalue weighted by Gasteiger charge is -2.16. The number of rotatable bonds is 4. The third kappa shape index (κ3) is 3.58. The Balaban J connectivity index is 2.36. The second-order valence-electron chi connectivity index (χ2n) is 6.05. The van der Waals surface area contributed by atoms with Gasteiger partial charge in [-0.3, -0.25) is 9.78 Å². The number of carbonyl (C=O) groups is 1. The van der Waals surface area contributed by atoms with Crippen molar-refractivity contribution in [3.05, 3.63) is 58.5 Å². The largest absolute Gasteiger partial charge is 0.365 e. The standard InChI is InChI=1S/C18H15ClFN3O3S/c1-9-6-10(27(2,25)26)7-11-16(9)22-8-12(18(21)24)17(11)23-14-5-3-4-13(19)15(14)20/h3-8H,1-2H3,(H2,21,24)(H,22,23). The number of nitrogens with two attached hydrogens (primary N) is 1. The van der Waals surface area contributed by atoms with E-state index < -0.39 is 21.6 Å². The Hall–Kier alpha value is -2.71. The second kappa shape index (κ2) is 6.79. The summed E-state index contributed by atoms with van der Waals surface area (Å²) in [6.07, 6.45) is 2.34. The Kier molecular flexibility index (Phi) is 4.79. The number of aromatic nitrogens is 1. The topological polar surface area (TPSA) is 102 Å². The van der Waals surface area contributed by atoms with E-state index in [-0.39, 0.29) is 26.9 Å². The van der Waals surface area contributed by atoms with E-state index in [9.17, 15) is 17.6 Å². The van der Waals surface area contributed by atoms with Crippen molar-refractivity contribution in [1.82, 2.24) is 4.98 Å². The van der Waals surface area contributed by atoms with Gasteiger partial charge in [0.05, 0.1) is 32.4 Å². The second-order valence-corrected chi connectivity index (χ2v) is 8.47. The summed E-state index contributed by atoms with van der Waals surface area (Å²) in [5, 5.41) is 3.04. The van der Waals surface area contributed by atoms with E-state index in [1.165, 1.54) is 36.5 Å². The number of carbonyl (C=O) groups excluding carboxylic acids is 1. The number of halogens is 2. The summed E-state index contributed by atoms with van der Waals surface area (Å²) in [5.41, 5.74) is 6.63. The zero-order valence-corrected chi connectivity index (χ0v) is 16.0. The normalized spacial score (nSPS) is 11.6. The monoisotopic (exact) mass is 407 g/mol. The fraction of sp³-hybridized carbons (Fsp3) is 0.111. The number of sulfone groups is 1. The van der Waals surface area contributed by atoms with Gasteiger partial charge in [0.1, 0.15) is 0 Å². The van der Waals surface area contributed by atoms with Gasteiger partial charge in [-0.25, -0.2) is 12.8 Å². The Morgan fingerprint density at radius 1 is 1.30 bits per heavy atom. The van der Waals surface area contributed by atoms with Crippen molar-refractivity contribution in [2.45, 2.75) is 11.8 Å². The Bertz CT molecular complexity index is 1200. The minimum atomic E-state index is -3.52. The van der Waals surface area contributed by atoms with Crippen LogP contribution in [0, 0.1) is 12.7 Å². The molecule has 0 saturated carbocycles. The molecule has 1 amide bonds. The zero-order valence-electron chi connectivity index (χ0n) is 14.4. The van der Waals surface area contributed by atoms with Gasteiger partial charge < -0.3 is 11.1 Å². The Labute approximate surface area is 160 Å². The molecule has 3 rings (SSSR count). The van der Waals surface area contributed by atoms with Crippen LogP contribution in [0.25, 0.3) is 10.9 Å². The SMILES string of the molecule is Cc1cc(S(C)(=O)=O)cc2c(Nc3cccc(Cl)c3F)c(C(N)=O)cnc12. The molecule has 1 aromatic heterocycles. The molecule has 27 heavy (non-hydrogen) atoms. The molecule has 0 unspecified atom stereocenters. The number of amides is 1. The van der Waals surface area contributed by atoms with Crippen LogP contribution in [0.3, 0.4) is 0 Å². The van der Waals surface area contributed by atoms with Gasteiger partial charge in [-0.15, -0.1) is 0 Å². The van der Waals surface area contributed by atoms with Crippen LogP contribution >= 0.6 is 11.6 Å². The number of benzene rings is 2. The molecule has 2 aromatic carbocycles. The Morgan fingerprint density at radius 3 is 2.63 bits per heavy atom. The maximum absolute atomic E-state index is 14.3. The van der Waals surface area contributed by atoms with Gasteiger partial charge in [-0.1, -0.05) is 17.7 Å². The van der Waals surface area contributed by atoms with Crippen LogP contribution in [0.2, 0.25) is 5.02 Å². The van der Waals surface area contributed by atoms with Crippen molar-refractivity contribution in [3.63, 3.8) is 0 Å². The van der Waals surface area contributed by atoms with E-state index in [2.05, 4.69) is 10.3 Å². The molecule has 0 spiro atoms. The highest BCUT2D eigenvalue weighted by Crippen LogP contribution is 2.34. The molecule has 140 valence electrons. The van der Waals surface area contributed by atoms with E-state index in [1.54, 1.807) is 6.92 Å². The van der Waals surface area contributed by atoms with Crippen molar-refractivity contribution in [3.8, 4) is 0 Å². The van der Waals surface area contributed by atoms with Crippen LogP contribution in [-0.4, -0.2) is 25.6 Å². The highest BCUT2D eigenvalue weighted by molar-refractivity contribution is 7.90. The molecule has 0 saturated heterocycles. The molecule has 3 N–H and O–H groups in total. The first-order valence-electron chi connectivity index (χ1n) is 7.74. The van der Waals surface area contributed by atoms with Crippen molar-refractivity contribution in [1.29, 1.82) is 0 Å². The van der Waals surface area contributed by atoms with Crippen molar-refractivity contribution < 1.29 is 17.6 Å². The van der Waals surface area contributed by atoms with Crippen LogP contribution in [0.5, 0.6) is 0 Å². The van der Waals surface area contributed by atoms with E-state index in [0.717, 1.165) is 6.26 Å². The number of anilines is 2. The minimum absolute atomic E-state index is 0.00748. The molecular weight excluding hydrogens is 393 g/mol. The number of primary amides is 1. The predicted molar refractivity (Wildman–Crippen MR) is 103 cm³/mol. The average molecular weight is 408 g/mol. The van der Waals surface area contributed by atoms with Gasteiger partial charge in [0.25, 0.3) is 5.91 Å². The van der Waals surface area contributed by atoms with E-state index in [4.69, 9.17) is 17.3 Å². The maximum Gasteiger partial charge on any atom is 0.252 e. The van der Waals surface area contributed by atoms with Gasteiger partial charge in [-0.05, 0) is 36.8 Å². The van der Waals surface area contributed by atoms with Crippen LogP contribution in [0.1, 0.15) is 15.9 Å². The molecule has 1 heterocycles. The van der Waals surface area contributed by atoms with Crippen molar-refractivity contribution in [2.24, 2.45) is 5.73 Å². The summed E-state index contributed by atoms with van der Waals surface area (Å²) in [7, 11) is -3.52. The molecular formula is C18H15ClFN3O3S. The summed E-state index contributed by atoms with van der Waals surface area (Å²) < 4.78 is 38.4. The molecule has 0 aliphatic heterocycles. The van der Waals surface area contributed by atoms with Crippen LogP contribution in [0.4, 0.5) is 15.8 Å². The van der Waals surface area contributed by atoms with E-state index >= 15 is 0 Å². The van der Waals surface area contributed by atoms with Gasteiger partial charge >= 0.3 is 0 Å². The van der Waals surface area contributed by atoms with E-state index in [0.29, 0.717) is 16.5 Å². The third-order valence-electron chi connectivity index (χ3n) is 4.04. The first-order valence-corrected chi connectivity index (χ1v) is 10.0. The van der Waals surface area contributed by atoms with Gasteiger partial charge in [-0.2, -0.15) is 0 Å². The number of nitrogens with one attached hydrogen (secondary N) is 1. The summed E-state index contributed by atoms with van der Waals surface area (Å²) in [5.74, 6) is -1.51. The summed E-state index contributed by atoms with van der Waals surface area (Å²) in [6, 6.07) is 7.22. The minimum Gasteiger partial charge on any atom is -0.365 e. The number of fused-ring (bicyclic) bond motifs is 1. The third-order valence-corrected chi connectivity index (χ3v) is 5.42. The van der Waals surface area contributed by atoms with Gasteiger partial charge in [0, 0.05) is 17.8 Å². The lowest BCUT2D eigenvalue weighted by atomic mass is 10.1. The fourth-order valence-corrected chi connectivity index (χ4v) is 3.62. The van der Waals surface area contributed by atoms with Gasteiger partial charge in [0.15, 0.2) is 15.7 Å². The molecule has 0 aliphatic carbocycles. The highest BCUT2D eigenvalue weighted by atomic mass is 35.5. The molecule has 9 heteroatoms. The van der Waals surface area contributed by atoms with Crippen molar-refractivity contribution >= 4 is 49.6 Å². The van der Waals surface area contributed by atoms with Crippen LogP contribution < -0.4 is 11.1 Å². The smallest absolute Gasteiger partial charge is 0.252 e. The highest BCUT2D eigenvalue weighted by Gasteiger charge is 2.19. The summed E-state index contributed by atoms with van der Waals surface area (Å²) >= 11 is 5.81. The van der Waals surface area contributed by atoms with Gasteiger partial charge in [0.2, 0.25) is 0 Å². The van der Waals surface area contributed by atoms with E-state index in [1.807, 2.05) is 0 Å². The number of aryl methyl sites for hydroxylation is 1. The number of nitrogens with zero attached hydrogens (tertiary/aromatic N) is 1. The zero-order chi connectivity index (χ0) is 19.9. The average Bonchev–Trinajstić information content (AvgIpc) is 2.58. The molecule has 0 radical (unpaired) electrons. The van der Waals surface area contributed by atoms with Crippen LogP contribution in [-0.2, 0) is 9.84 Å². The summed E-state index contributed by atoms with van der Waals surface area (Å²) in [4.78, 5) is 16.1. The molecule has 0 aliphatic rings.